The van der Waals surface area contributed by atoms with Gasteiger partial charge in [0.1, 0.15) is 0 Å². The van der Waals surface area contributed by atoms with E-state index < -0.39 is 0 Å². The maximum atomic E-state index is 2.75. The fourth-order valence-electron chi connectivity index (χ4n) is 11.9. The van der Waals surface area contributed by atoms with E-state index in [1.165, 1.54) is 121 Å². The number of nitrogens with zero attached hydrogens (tertiary/aromatic N) is 3. The average molecular weight is 876 g/mol. The normalized spacial score (nSPS) is 14.4. The zero-order valence-electron chi connectivity index (χ0n) is 37.2. The van der Waals surface area contributed by atoms with Gasteiger partial charge in [-0.1, -0.05) is 164 Å². The van der Waals surface area contributed by atoms with Crippen LogP contribution in [0.2, 0.25) is 0 Å². The maximum absolute atomic E-state index is 2.75. The summed E-state index contributed by atoms with van der Waals surface area (Å²) >= 11 is 1.99. The van der Waals surface area contributed by atoms with Crippen LogP contribution in [0.1, 0.15) is 24.0 Å². The predicted molar refractivity (Wildman–Crippen MR) is 286 cm³/mol. The average Bonchev–Trinajstić information content (AvgIpc) is 3.79. The zero-order chi connectivity index (χ0) is 44.0. The van der Waals surface area contributed by atoms with Crippen molar-refractivity contribution in [3.8, 4) is 44.5 Å². The van der Waals surface area contributed by atoms with Gasteiger partial charge in [0, 0.05) is 62.1 Å². The molecule has 4 aliphatic heterocycles. The summed E-state index contributed by atoms with van der Waals surface area (Å²) in [6.45, 7) is 2.23. The summed E-state index contributed by atoms with van der Waals surface area (Å²) in [5.41, 5.74) is 24.9. The molecule has 3 nitrogen and oxygen atoms in total. The highest BCUT2D eigenvalue weighted by Gasteiger charge is 2.49. The van der Waals surface area contributed by atoms with Crippen LogP contribution < -0.4 is 30.4 Å². The lowest BCUT2D eigenvalue weighted by molar-refractivity contribution is 0.635. The van der Waals surface area contributed by atoms with E-state index in [1.54, 1.807) is 0 Å². The Morgan fingerprint density at radius 1 is 0.388 bits per heavy atom. The highest BCUT2D eigenvalue weighted by Crippen LogP contribution is 2.55. The van der Waals surface area contributed by atoms with Crippen LogP contribution in [0, 0.1) is 0 Å². The van der Waals surface area contributed by atoms with Gasteiger partial charge < -0.3 is 14.7 Å². The number of thiophene rings is 1. The number of fused-ring (bicyclic) bond motifs is 8. The third-order valence-corrected chi connectivity index (χ3v) is 16.0. The van der Waals surface area contributed by atoms with E-state index in [4.69, 9.17) is 0 Å². The van der Waals surface area contributed by atoms with Crippen LogP contribution in [0.25, 0.3) is 54.6 Å². The second kappa shape index (κ2) is 15.5. The van der Waals surface area contributed by atoms with Crippen LogP contribution in [0.15, 0.2) is 206 Å². The van der Waals surface area contributed by atoms with Gasteiger partial charge in [-0.2, -0.15) is 0 Å². The molecule has 67 heavy (non-hydrogen) atoms. The lowest BCUT2D eigenvalue weighted by Gasteiger charge is -2.49. The molecule has 0 atom stereocenters. The molecule has 0 fully saturated rings. The largest absolute Gasteiger partial charge is 0.371 e. The molecule has 1 aromatic heterocycles. The molecule has 5 heterocycles. The third-order valence-electron chi connectivity index (χ3n) is 14.8. The SMILES string of the molecule is c1ccc(-c2ccc(N3c4ccc(-c5ccccc5)cc4B4c5sc6ccccc6c5N(c5cc(-c6ccccc6)cc(-c6ccccc6)c5)c5c6c7c(c3c54)CCCN7CCC6)cc2)cc1. The van der Waals surface area contributed by atoms with Gasteiger partial charge in [-0.3, -0.25) is 0 Å². The molecule has 0 radical (unpaired) electrons. The molecule has 0 saturated heterocycles. The Morgan fingerprint density at radius 3 is 1.51 bits per heavy atom. The van der Waals surface area contributed by atoms with Gasteiger partial charge in [0.05, 0.1) is 5.69 Å². The van der Waals surface area contributed by atoms with Crippen molar-refractivity contribution < 1.29 is 0 Å². The first-order chi connectivity index (χ1) is 33.2. The second-order valence-electron chi connectivity index (χ2n) is 18.6. The van der Waals surface area contributed by atoms with Gasteiger partial charge in [0.2, 0.25) is 0 Å². The van der Waals surface area contributed by atoms with Crippen LogP contribution in [0.5, 0.6) is 0 Å². The second-order valence-corrected chi connectivity index (χ2v) is 19.7. The summed E-state index contributed by atoms with van der Waals surface area (Å²) in [6.07, 6.45) is 4.41. The molecule has 5 heteroatoms. The van der Waals surface area contributed by atoms with Crippen LogP contribution in [0.3, 0.4) is 0 Å². The molecule has 9 aromatic carbocycles. The van der Waals surface area contributed by atoms with Crippen LogP contribution in [-0.4, -0.2) is 19.8 Å². The Hall–Kier alpha value is -7.60. The number of hydrogen-bond acceptors (Lipinski definition) is 4. The Balaban J connectivity index is 1.12. The van der Waals surface area contributed by atoms with Crippen molar-refractivity contribution in [1.29, 1.82) is 0 Å². The summed E-state index contributed by atoms with van der Waals surface area (Å²) in [5.74, 6) is 0. The Labute approximate surface area is 396 Å². The van der Waals surface area contributed by atoms with E-state index in [9.17, 15) is 0 Å². The lowest BCUT2D eigenvalue weighted by atomic mass is 9.35. The molecular weight excluding hydrogens is 830 g/mol. The molecule has 0 amide bonds. The summed E-state index contributed by atoms with van der Waals surface area (Å²) in [4.78, 5) is 8.18. The number of rotatable bonds is 6. The quantitative estimate of drug-likeness (QED) is 0.154. The minimum atomic E-state index is 0.0388. The first-order valence-electron chi connectivity index (χ1n) is 23.9. The molecule has 0 aliphatic carbocycles. The van der Waals surface area contributed by atoms with Crippen molar-refractivity contribution >= 4 is 83.6 Å². The van der Waals surface area contributed by atoms with Gasteiger partial charge in [0.15, 0.2) is 0 Å². The van der Waals surface area contributed by atoms with E-state index in [1.807, 2.05) is 11.3 Å². The van der Waals surface area contributed by atoms with E-state index in [0.29, 0.717) is 0 Å². The first kappa shape index (κ1) is 38.7. The molecule has 0 unspecified atom stereocenters. The number of benzene rings is 9. The van der Waals surface area contributed by atoms with Gasteiger partial charge in [0.25, 0.3) is 6.71 Å². The van der Waals surface area contributed by atoms with Gasteiger partial charge in [-0.25, -0.2) is 0 Å². The summed E-state index contributed by atoms with van der Waals surface area (Å²) in [7, 11) is 0. The molecule has 4 aliphatic rings. The minimum absolute atomic E-state index is 0.0388. The highest BCUT2D eigenvalue weighted by atomic mass is 32.1. The highest BCUT2D eigenvalue weighted by molar-refractivity contribution is 7.33. The predicted octanol–water partition coefficient (Wildman–Crippen LogP) is 14.4. The van der Waals surface area contributed by atoms with Crippen molar-refractivity contribution in [2.24, 2.45) is 0 Å². The van der Waals surface area contributed by atoms with E-state index in [2.05, 4.69) is 221 Å². The monoisotopic (exact) mass is 875 g/mol. The summed E-state index contributed by atoms with van der Waals surface area (Å²) in [6, 6.07) is 77.0. The van der Waals surface area contributed by atoms with Crippen LogP contribution >= 0.6 is 11.3 Å². The zero-order valence-corrected chi connectivity index (χ0v) is 38.0. The van der Waals surface area contributed by atoms with Crippen molar-refractivity contribution in [1.82, 2.24) is 0 Å². The molecule has 10 aromatic rings. The minimum Gasteiger partial charge on any atom is -0.371 e. The molecule has 14 rings (SSSR count). The number of anilines is 7. The first-order valence-corrected chi connectivity index (χ1v) is 24.8. The molecule has 0 N–H and O–H groups in total. The van der Waals surface area contributed by atoms with E-state index in [0.717, 1.165) is 38.8 Å². The third kappa shape index (κ3) is 6.11. The molecule has 0 spiro atoms. The van der Waals surface area contributed by atoms with Crippen LogP contribution in [-0.2, 0) is 12.8 Å². The van der Waals surface area contributed by atoms with Gasteiger partial charge in [-0.05, 0) is 135 Å². The standard InChI is InChI=1S/C62H46BN3S/c1-5-17-41(18-6-1)45-29-32-49(33-30-45)65-55-34-31-46(42-19-7-2-8-20-42)40-54(55)63-57-59(65)52-26-15-35-64-36-16-27-53(58(52)64)60(57)66(61-51-25-13-14-28-56(51)67-62(61)63)50-38-47(43-21-9-3-10-22-43)37-48(39-50)44-23-11-4-12-24-44/h1-14,17-25,28-34,37-40H,15-16,26-27,35-36H2. The van der Waals surface area contributed by atoms with Crippen LogP contribution in [0.4, 0.5) is 39.8 Å². The van der Waals surface area contributed by atoms with Crippen molar-refractivity contribution in [2.45, 2.75) is 25.7 Å². The van der Waals surface area contributed by atoms with Crippen molar-refractivity contribution in [3.05, 3.63) is 217 Å². The number of hydrogen-bond donors (Lipinski definition) is 0. The van der Waals surface area contributed by atoms with E-state index >= 15 is 0 Å². The molecule has 0 saturated carbocycles. The molecule has 318 valence electrons. The Kier molecular flexibility index (Phi) is 8.95. The maximum Gasteiger partial charge on any atom is 0.264 e. The lowest BCUT2D eigenvalue weighted by Crippen LogP contribution is -2.61. The Morgan fingerprint density at radius 2 is 0.896 bits per heavy atom. The fraction of sp³-hybridized carbons (Fsp3) is 0.0968. The summed E-state index contributed by atoms with van der Waals surface area (Å²) < 4.78 is 2.75. The molecule has 0 bridgehead atoms. The summed E-state index contributed by atoms with van der Waals surface area (Å²) in [5, 5.41) is 1.32. The Bertz CT molecular complexity index is 3470. The van der Waals surface area contributed by atoms with Crippen molar-refractivity contribution in [2.75, 3.05) is 27.8 Å². The van der Waals surface area contributed by atoms with Gasteiger partial charge >= 0.3 is 0 Å². The molecular formula is C62H46BN3S. The van der Waals surface area contributed by atoms with Crippen molar-refractivity contribution in [3.63, 3.8) is 0 Å². The van der Waals surface area contributed by atoms with Gasteiger partial charge in [-0.15, -0.1) is 11.3 Å². The topological polar surface area (TPSA) is 9.72 Å². The van der Waals surface area contributed by atoms with E-state index in [-0.39, 0.29) is 6.71 Å². The fourth-order valence-corrected chi connectivity index (χ4v) is 13.3. The smallest absolute Gasteiger partial charge is 0.264 e.